The molecule has 158 valence electrons. The van der Waals surface area contributed by atoms with Gasteiger partial charge in [0.05, 0.1) is 19.3 Å². The van der Waals surface area contributed by atoms with Crippen LogP contribution in [0.25, 0.3) is 10.9 Å². The average molecular weight is 427 g/mol. The largest absolute Gasteiger partial charge is 0.379 e. The normalized spacial score (nSPS) is 18.6. The summed E-state index contributed by atoms with van der Waals surface area (Å²) < 4.78 is 10.8. The summed E-state index contributed by atoms with van der Waals surface area (Å²) in [5.74, 6) is -0.0335. The van der Waals surface area contributed by atoms with Crippen LogP contribution in [0.3, 0.4) is 0 Å². The van der Waals surface area contributed by atoms with E-state index in [9.17, 15) is 4.79 Å². The van der Waals surface area contributed by atoms with Gasteiger partial charge in [0.25, 0.3) is 0 Å². The topological polar surface area (TPSA) is 54.6 Å². The molecular formula is C24H27ClN2O3. The number of aromatic nitrogens is 1. The van der Waals surface area contributed by atoms with Gasteiger partial charge < -0.3 is 19.4 Å². The lowest BCUT2D eigenvalue weighted by Gasteiger charge is -2.38. The van der Waals surface area contributed by atoms with Crippen molar-refractivity contribution in [2.24, 2.45) is 0 Å². The quantitative estimate of drug-likeness (QED) is 0.546. The molecule has 4 rings (SSSR count). The second kappa shape index (κ2) is 9.21. The molecule has 2 unspecified atom stereocenters. The van der Waals surface area contributed by atoms with E-state index in [2.05, 4.69) is 36.2 Å². The van der Waals surface area contributed by atoms with Crippen molar-refractivity contribution in [2.75, 3.05) is 33.0 Å². The zero-order valence-corrected chi connectivity index (χ0v) is 18.1. The molecule has 1 amide bonds. The molecule has 0 bridgehead atoms. The third kappa shape index (κ3) is 3.97. The lowest BCUT2D eigenvalue weighted by atomic mass is 9.83. The fourth-order valence-electron chi connectivity index (χ4n) is 4.33. The van der Waals surface area contributed by atoms with Crippen molar-refractivity contribution in [3.05, 3.63) is 70.4 Å². The Kier molecular flexibility index (Phi) is 6.42. The number of benzene rings is 2. The molecule has 2 atom stereocenters. The molecule has 1 aromatic heterocycles. The second-order valence-corrected chi connectivity index (χ2v) is 7.95. The molecule has 3 aromatic rings. The molecule has 0 saturated carbocycles. The Morgan fingerprint density at radius 2 is 1.87 bits per heavy atom. The van der Waals surface area contributed by atoms with Crippen LogP contribution in [0.4, 0.5) is 0 Å². The number of amides is 1. The SMILES string of the molecule is CCOCCOCC(=O)N1CC(c2ccccc2Cl)c2c([nH]c3ccccc23)C1C. The number of fused-ring (bicyclic) bond motifs is 3. The molecule has 1 aliphatic rings. The maximum Gasteiger partial charge on any atom is 0.249 e. The molecule has 6 heteroatoms. The maximum absolute atomic E-state index is 13.0. The Morgan fingerprint density at radius 3 is 2.67 bits per heavy atom. The van der Waals surface area contributed by atoms with Gasteiger partial charge in [-0.1, -0.05) is 48.0 Å². The number of halogens is 1. The van der Waals surface area contributed by atoms with Crippen LogP contribution < -0.4 is 0 Å². The summed E-state index contributed by atoms with van der Waals surface area (Å²) in [7, 11) is 0. The summed E-state index contributed by atoms with van der Waals surface area (Å²) in [5, 5.41) is 1.90. The molecule has 5 nitrogen and oxygen atoms in total. The van der Waals surface area contributed by atoms with E-state index >= 15 is 0 Å². The third-order valence-corrected chi connectivity index (χ3v) is 6.14. The van der Waals surface area contributed by atoms with E-state index < -0.39 is 0 Å². The smallest absolute Gasteiger partial charge is 0.249 e. The maximum atomic E-state index is 13.0. The number of carbonyl (C=O) groups excluding carboxylic acids is 1. The van der Waals surface area contributed by atoms with Gasteiger partial charge in [-0.2, -0.15) is 0 Å². The number of hydrogen-bond acceptors (Lipinski definition) is 3. The first-order chi connectivity index (χ1) is 14.6. The van der Waals surface area contributed by atoms with Crippen LogP contribution in [0.2, 0.25) is 5.02 Å². The van der Waals surface area contributed by atoms with E-state index in [0.29, 0.717) is 31.4 Å². The van der Waals surface area contributed by atoms with Gasteiger partial charge >= 0.3 is 0 Å². The Bertz CT molecular complexity index is 1030. The summed E-state index contributed by atoms with van der Waals surface area (Å²) in [6.45, 7) is 6.16. The summed E-state index contributed by atoms with van der Waals surface area (Å²) in [6.07, 6.45) is 0. The standard InChI is InChI=1S/C24H27ClN2O3/c1-3-29-12-13-30-15-22(28)27-14-19(17-8-4-6-10-20(17)25)23-18-9-5-7-11-21(18)26-24(23)16(27)2/h4-11,16,19,26H,3,12-15H2,1-2H3. The lowest BCUT2D eigenvalue weighted by molar-refractivity contribution is -0.139. The van der Waals surface area contributed by atoms with Gasteiger partial charge in [-0.3, -0.25) is 4.79 Å². The van der Waals surface area contributed by atoms with Crippen LogP contribution in [-0.2, 0) is 14.3 Å². The minimum Gasteiger partial charge on any atom is -0.379 e. The van der Waals surface area contributed by atoms with Crippen LogP contribution in [0.5, 0.6) is 0 Å². The van der Waals surface area contributed by atoms with Crippen LogP contribution in [0.15, 0.2) is 48.5 Å². The fourth-order valence-corrected chi connectivity index (χ4v) is 4.59. The Hall–Kier alpha value is -2.34. The first-order valence-electron chi connectivity index (χ1n) is 10.4. The third-order valence-electron chi connectivity index (χ3n) is 5.79. The van der Waals surface area contributed by atoms with Gasteiger partial charge in [0.2, 0.25) is 5.91 Å². The molecule has 0 radical (unpaired) electrons. The molecule has 0 spiro atoms. The van der Waals surface area contributed by atoms with Crippen molar-refractivity contribution >= 4 is 28.4 Å². The predicted molar refractivity (Wildman–Crippen MR) is 119 cm³/mol. The highest BCUT2D eigenvalue weighted by Gasteiger charge is 2.37. The van der Waals surface area contributed by atoms with Gasteiger partial charge in [-0.25, -0.2) is 0 Å². The molecule has 2 aromatic carbocycles. The summed E-state index contributed by atoms with van der Waals surface area (Å²) in [6, 6.07) is 16.1. The summed E-state index contributed by atoms with van der Waals surface area (Å²) in [5.41, 5.74) is 4.41. The van der Waals surface area contributed by atoms with Crippen LogP contribution in [-0.4, -0.2) is 48.8 Å². The Balaban J connectivity index is 1.67. The fraction of sp³-hybridized carbons (Fsp3) is 0.375. The van der Waals surface area contributed by atoms with Gasteiger partial charge in [0.15, 0.2) is 0 Å². The zero-order valence-electron chi connectivity index (χ0n) is 17.4. The number of H-pyrrole nitrogens is 1. The Morgan fingerprint density at radius 1 is 1.13 bits per heavy atom. The van der Waals surface area contributed by atoms with Crippen molar-refractivity contribution in [3.8, 4) is 0 Å². The van der Waals surface area contributed by atoms with Gasteiger partial charge in [0.1, 0.15) is 6.61 Å². The van der Waals surface area contributed by atoms with Gasteiger partial charge in [-0.15, -0.1) is 0 Å². The minimum atomic E-state index is -0.0749. The number of nitrogens with one attached hydrogen (secondary N) is 1. The van der Waals surface area contributed by atoms with Crippen molar-refractivity contribution in [3.63, 3.8) is 0 Å². The van der Waals surface area contributed by atoms with Crippen LogP contribution >= 0.6 is 11.6 Å². The molecule has 1 N–H and O–H groups in total. The van der Waals surface area contributed by atoms with E-state index in [1.165, 1.54) is 10.9 Å². The molecule has 30 heavy (non-hydrogen) atoms. The van der Waals surface area contributed by atoms with Gasteiger partial charge in [0, 0.05) is 40.7 Å². The van der Waals surface area contributed by atoms with Crippen molar-refractivity contribution < 1.29 is 14.3 Å². The van der Waals surface area contributed by atoms with E-state index in [0.717, 1.165) is 16.8 Å². The molecule has 0 fully saturated rings. The second-order valence-electron chi connectivity index (χ2n) is 7.54. The number of ether oxygens (including phenoxy) is 2. The van der Waals surface area contributed by atoms with Crippen LogP contribution in [0.1, 0.15) is 42.6 Å². The highest BCUT2D eigenvalue weighted by atomic mass is 35.5. The first kappa shape index (κ1) is 20.9. The molecule has 0 aliphatic carbocycles. The number of carbonyl (C=O) groups is 1. The number of para-hydroxylation sites is 1. The van der Waals surface area contributed by atoms with Crippen LogP contribution in [0, 0.1) is 0 Å². The monoisotopic (exact) mass is 426 g/mol. The predicted octanol–water partition coefficient (Wildman–Crippen LogP) is 4.91. The van der Waals surface area contributed by atoms with E-state index in [-0.39, 0.29) is 24.5 Å². The highest BCUT2D eigenvalue weighted by Crippen LogP contribution is 2.44. The lowest BCUT2D eigenvalue weighted by Crippen LogP contribution is -2.43. The van der Waals surface area contributed by atoms with Crippen molar-refractivity contribution in [1.82, 2.24) is 9.88 Å². The highest BCUT2D eigenvalue weighted by molar-refractivity contribution is 6.31. The number of hydrogen-bond donors (Lipinski definition) is 1. The Labute approximate surface area is 181 Å². The number of aromatic amines is 1. The molecule has 2 heterocycles. The van der Waals surface area contributed by atoms with E-state index in [4.69, 9.17) is 21.1 Å². The van der Waals surface area contributed by atoms with Gasteiger partial charge in [-0.05, 0) is 37.1 Å². The number of nitrogens with zero attached hydrogens (tertiary/aromatic N) is 1. The van der Waals surface area contributed by atoms with E-state index in [1.807, 2.05) is 36.1 Å². The first-order valence-corrected chi connectivity index (χ1v) is 10.8. The molecular weight excluding hydrogens is 400 g/mol. The van der Waals surface area contributed by atoms with Crippen molar-refractivity contribution in [2.45, 2.75) is 25.8 Å². The zero-order chi connectivity index (χ0) is 21.1. The minimum absolute atomic E-state index is 0.00609. The molecule has 0 saturated heterocycles. The van der Waals surface area contributed by atoms with Crippen molar-refractivity contribution in [1.29, 1.82) is 0 Å². The summed E-state index contributed by atoms with van der Waals surface area (Å²) >= 11 is 6.59. The average Bonchev–Trinajstić information content (AvgIpc) is 3.15. The molecule has 1 aliphatic heterocycles. The summed E-state index contributed by atoms with van der Waals surface area (Å²) in [4.78, 5) is 18.5. The number of rotatable bonds is 7. The van der Waals surface area contributed by atoms with E-state index in [1.54, 1.807) is 0 Å².